The van der Waals surface area contributed by atoms with Gasteiger partial charge in [0.25, 0.3) is 0 Å². The normalized spacial score (nSPS) is 19.8. The van der Waals surface area contributed by atoms with Gasteiger partial charge in [0.2, 0.25) is 5.91 Å². The third kappa shape index (κ3) is 4.06. The molecule has 2 aromatic rings. The summed E-state index contributed by atoms with van der Waals surface area (Å²) in [5.41, 5.74) is 1.38. The first-order valence-electron chi connectivity index (χ1n) is 9.69. The van der Waals surface area contributed by atoms with Crippen molar-refractivity contribution in [1.82, 2.24) is 20.0 Å². The summed E-state index contributed by atoms with van der Waals surface area (Å²) in [6.07, 6.45) is 0. The smallest absolute Gasteiger partial charge is 0.236 e. The van der Waals surface area contributed by atoms with Crippen LogP contribution in [0.1, 0.15) is 5.56 Å². The van der Waals surface area contributed by atoms with Gasteiger partial charge in [-0.2, -0.15) is 0 Å². The topological polar surface area (TPSA) is 38.8 Å². The molecule has 2 aromatic carbocycles. The lowest BCUT2D eigenvalue weighted by Gasteiger charge is -2.36. The van der Waals surface area contributed by atoms with E-state index in [1.165, 1.54) is 16.3 Å². The second-order valence-electron chi connectivity index (χ2n) is 7.32. The number of nitrogens with one attached hydrogen (secondary N) is 1. The number of hydrogen-bond acceptors (Lipinski definition) is 4. The van der Waals surface area contributed by atoms with Crippen molar-refractivity contribution in [1.29, 1.82) is 0 Å². The predicted molar refractivity (Wildman–Crippen MR) is 105 cm³/mol. The van der Waals surface area contributed by atoms with Crippen LogP contribution in [0.15, 0.2) is 42.5 Å². The van der Waals surface area contributed by atoms with E-state index < -0.39 is 0 Å². The standard InChI is InChI=1S/C21H28N4O/c26-21(17-23-10-8-22-9-11-23)25-14-12-24(13-15-25)16-19-6-3-5-18-4-1-2-7-20(18)19/h1-7,22H,8-17H2. The van der Waals surface area contributed by atoms with Gasteiger partial charge in [0, 0.05) is 58.9 Å². The van der Waals surface area contributed by atoms with Crippen molar-refractivity contribution in [3.63, 3.8) is 0 Å². The zero-order valence-corrected chi connectivity index (χ0v) is 15.4. The lowest BCUT2D eigenvalue weighted by molar-refractivity contribution is -0.134. The minimum atomic E-state index is 0.289. The van der Waals surface area contributed by atoms with Crippen molar-refractivity contribution in [2.45, 2.75) is 6.54 Å². The molecule has 5 heteroatoms. The van der Waals surface area contributed by atoms with Gasteiger partial charge >= 0.3 is 0 Å². The van der Waals surface area contributed by atoms with Gasteiger partial charge < -0.3 is 10.2 Å². The molecule has 2 fully saturated rings. The number of rotatable bonds is 4. The average molecular weight is 352 g/mol. The predicted octanol–water partition coefficient (Wildman–Crippen LogP) is 1.39. The Morgan fingerprint density at radius 1 is 0.846 bits per heavy atom. The van der Waals surface area contributed by atoms with Crippen LogP contribution in [0.5, 0.6) is 0 Å². The molecule has 0 aliphatic carbocycles. The van der Waals surface area contributed by atoms with Crippen molar-refractivity contribution in [3.8, 4) is 0 Å². The summed E-state index contributed by atoms with van der Waals surface area (Å²) in [4.78, 5) is 19.3. The highest BCUT2D eigenvalue weighted by Crippen LogP contribution is 2.20. The number of hydrogen-bond donors (Lipinski definition) is 1. The SMILES string of the molecule is O=C(CN1CCNCC1)N1CCN(Cc2cccc3ccccc23)CC1. The summed E-state index contributed by atoms with van der Waals surface area (Å²) in [5.74, 6) is 0.289. The van der Waals surface area contributed by atoms with Crippen LogP contribution in [-0.2, 0) is 11.3 Å². The van der Waals surface area contributed by atoms with Crippen molar-refractivity contribution >= 4 is 16.7 Å². The Bertz CT molecular complexity index is 743. The highest BCUT2D eigenvalue weighted by molar-refractivity contribution is 5.85. The molecule has 1 amide bonds. The lowest BCUT2D eigenvalue weighted by atomic mass is 10.0. The Balaban J connectivity index is 1.31. The van der Waals surface area contributed by atoms with E-state index in [2.05, 4.69) is 57.6 Å². The van der Waals surface area contributed by atoms with E-state index in [0.29, 0.717) is 6.54 Å². The molecule has 0 saturated carbocycles. The molecule has 0 radical (unpaired) electrons. The fourth-order valence-electron chi connectivity index (χ4n) is 3.99. The maximum atomic E-state index is 12.6. The van der Waals surface area contributed by atoms with Crippen molar-refractivity contribution in [3.05, 3.63) is 48.0 Å². The first-order valence-corrected chi connectivity index (χ1v) is 9.69. The minimum Gasteiger partial charge on any atom is -0.339 e. The van der Waals surface area contributed by atoms with Crippen LogP contribution < -0.4 is 5.32 Å². The Hall–Kier alpha value is -1.95. The van der Waals surface area contributed by atoms with Gasteiger partial charge in [0.05, 0.1) is 6.54 Å². The largest absolute Gasteiger partial charge is 0.339 e. The van der Waals surface area contributed by atoms with Crippen LogP contribution in [0.3, 0.4) is 0 Å². The number of piperazine rings is 2. The van der Waals surface area contributed by atoms with Gasteiger partial charge in [-0.1, -0.05) is 42.5 Å². The Kier molecular flexibility index (Phi) is 5.48. The van der Waals surface area contributed by atoms with Gasteiger partial charge in [-0.3, -0.25) is 14.6 Å². The minimum absolute atomic E-state index is 0.289. The third-order valence-corrected chi connectivity index (χ3v) is 5.57. The second-order valence-corrected chi connectivity index (χ2v) is 7.32. The summed E-state index contributed by atoms with van der Waals surface area (Å²) in [7, 11) is 0. The molecule has 2 heterocycles. The number of carbonyl (C=O) groups is 1. The van der Waals surface area contributed by atoms with E-state index in [9.17, 15) is 4.79 Å². The highest BCUT2D eigenvalue weighted by atomic mass is 16.2. The number of fused-ring (bicyclic) bond motifs is 1. The van der Waals surface area contributed by atoms with E-state index in [-0.39, 0.29) is 5.91 Å². The van der Waals surface area contributed by atoms with Crippen LogP contribution in [0.25, 0.3) is 10.8 Å². The van der Waals surface area contributed by atoms with Crippen LogP contribution in [0.4, 0.5) is 0 Å². The summed E-state index contributed by atoms with van der Waals surface area (Å²) < 4.78 is 0. The number of nitrogens with zero attached hydrogens (tertiary/aromatic N) is 3. The fourth-order valence-corrected chi connectivity index (χ4v) is 3.99. The molecule has 0 bridgehead atoms. The number of amides is 1. The van der Waals surface area contributed by atoms with E-state index in [0.717, 1.165) is 58.9 Å². The average Bonchev–Trinajstić information content (AvgIpc) is 2.70. The first kappa shape index (κ1) is 17.5. The number of benzene rings is 2. The van der Waals surface area contributed by atoms with Gasteiger partial charge in [-0.25, -0.2) is 0 Å². The van der Waals surface area contributed by atoms with Gasteiger partial charge in [-0.15, -0.1) is 0 Å². The molecular weight excluding hydrogens is 324 g/mol. The summed E-state index contributed by atoms with van der Waals surface area (Å²) in [5, 5.41) is 5.98. The molecule has 0 unspecified atom stereocenters. The molecule has 1 N–H and O–H groups in total. The second kappa shape index (κ2) is 8.16. The van der Waals surface area contributed by atoms with Crippen molar-refractivity contribution in [2.24, 2.45) is 0 Å². The van der Waals surface area contributed by atoms with E-state index >= 15 is 0 Å². The quantitative estimate of drug-likeness (QED) is 0.903. The third-order valence-electron chi connectivity index (χ3n) is 5.57. The van der Waals surface area contributed by atoms with Crippen LogP contribution in [0.2, 0.25) is 0 Å². The highest BCUT2D eigenvalue weighted by Gasteiger charge is 2.23. The monoisotopic (exact) mass is 352 g/mol. The zero-order valence-electron chi connectivity index (χ0n) is 15.4. The molecule has 2 aliphatic rings. The Labute approximate surface area is 155 Å². The maximum absolute atomic E-state index is 12.6. The van der Waals surface area contributed by atoms with E-state index in [1.54, 1.807) is 0 Å². The molecule has 0 aromatic heterocycles. The first-order chi connectivity index (χ1) is 12.8. The maximum Gasteiger partial charge on any atom is 0.236 e. The zero-order chi connectivity index (χ0) is 17.8. The Morgan fingerprint density at radius 2 is 1.58 bits per heavy atom. The van der Waals surface area contributed by atoms with Crippen LogP contribution >= 0.6 is 0 Å². The van der Waals surface area contributed by atoms with Gasteiger partial charge in [-0.05, 0) is 16.3 Å². The van der Waals surface area contributed by atoms with E-state index in [1.807, 2.05) is 4.90 Å². The molecule has 138 valence electrons. The molecular formula is C21H28N4O. The molecule has 0 atom stereocenters. The summed E-state index contributed by atoms with van der Waals surface area (Å²) in [6.45, 7) is 9.07. The fraction of sp³-hybridized carbons (Fsp3) is 0.476. The van der Waals surface area contributed by atoms with E-state index in [4.69, 9.17) is 0 Å². The van der Waals surface area contributed by atoms with Crippen LogP contribution in [-0.4, -0.2) is 79.5 Å². The Morgan fingerprint density at radius 3 is 2.38 bits per heavy atom. The van der Waals surface area contributed by atoms with Gasteiger partial charge in [0.1, 0.15) is 0 Å². The van der Waals surface area contributed by atoms with Crippen molar-refractivity contribution < 1.29 is 4.79 Å². The lowest BCUT2D eigenvalue weighted by Crippen LogP contribution is -2.53. The molecule has 2 saturated heterocycles. The number of carbonyl (C=O) groups excluding carboxylic acids is 1. The molecule has 5 nitrogen and oxygen atoms in total. The summed E-state index contributed by atoms with van der Waals surface area (Å²) in [6, 6.07) is 15.1. The summed E-state index contributed by atoms with van der Waals surface area (Å²) >= 11 is 0. The van der Waals surface area contributed by atoms with Crippen molar-refractivity contribution in [2.75, 3.05) is 58.9 Å². The molecule has 2 aliphatic heterocycles. The molecule has 4 rings (SSSR count). The van der Waals surface area contributed by atoms with Crippen LogP contribution in [0, 0.1) is 0 Å². The van der Waals surface area contributed by atoms with Gasteiger partial charge in [0.15, 0.2) is 0 Å². The molecule has 0 spiro atoms. The molecule has 26 heavy (non-hydrogen) atoms.